The molecule has 2 aliphatic rings. The van der Waals surface area contributed by atoms with Crippen molar-refractivity contribution >= 4 is 29.2 Å². The molecule has 0 bridgehead atoms. The Morgan fingerprint density at radius 1 is 0.833 bits per heavy atom. The van der Waals surface area contributed by atoms with Gasteiger partial charge in [-0.3, -0.25) is 9.59 Å². The van der Waals surface area contributed by atoms with Gasteiger partial charge in [0.15, 0.2) is 0 Å². The van der Waals surface area contributed by atoms with Crippen LogP contribution < -0.4 is 16.0 Å². The van der Waals surface area contributed by atoms with Crippen molar-refractivity contribution < 1.29 is 14.4 Å². The average Bonchev–Trinajstić information content (AvgIpc) is 3.59. The van der Waals surface area contributed by atoms with Crippen LogP contribution in [0.25, 0.3) is 0 Å². The summed E-state index contributed by atoms with van der Waals surface area (Å²) in [6.07, 6.45) is 3.60. The van der Waals surface area contributed by atoms with E-state index in [9.17, 15) is 14.4 Å². The summed E-state index contributed by atoms with van der Waals surface area (Å²) in [5.41, 5.74) is 1.97. The zero-order chi connectivity index (χ0) is 20.9. The molecule has 1 aliphatic heterocycles. The number of hydrogen-bond acceptors (Lipinski definition) is 3. The third-order valence-electron chi connectivity index (χ3n) is 5.43. The number of hydrogen-bond donors (Lipinski definition) is 3. The number of amides is 4. The molecule has 4 rings (SSSR count). The van der Waals surface area contributed by atoms with Gasteiger partial charge in [0.05, 0.1) is 5.92 Å². The van der Waals surface area contributed by atoms with Gasteiger partial charge in [-0.25, -0.2) is 4.79 Å². The van der Waals surface area contributed by atoms with Crippen LogP contribution in [0.5, 0.6) is 0 Å². The van der Waals surface area contributed by atoms with Gasteiger partial charge in [-0.15, -0.1) is 0 Å². The molecule has 1 saturated carbocycles. The predicted molar refractivity (Wildman–Crippen MR) is 115 cm³/mol. The number of carbonyl (C=O) groups is 3. The standard InChI is InChI=1S/C23H26N4O3/c28-21(24-20-12-13-20)16-8-10-19(11-9-16)25-22(29)17-5-4-14-27(15-17)23(30)26-18-6-2-1-3-7-18/h1-3,6-11,17,20H,4-5,12-15H2,(H,24,28)(H,25,29)(H,26,30). The van der Waals surface area contributed by atoms with Crippen molar-refractivity contribution in [3.63, 3.8) is 0 Å². The summed E-state index contributed by atoms with van der Waals surface area (Å²) in [6.45, 7) is 1.01. The maximum absolute atomic E-state index is 12.7. The summed E-state index contributed by atoms with van der Waals surface area (Å²) in [7, 11) is 0. The number of piperidine rings is 1. The summed E-state index contributed by atoms with van der Waals surface area (Å²) in [5, 5.41) is 8.73. The summed E-state index contributed by atoms with van der Waals surface area (Å²) in [5.74, 6) is -0.455. The molecule has 7 heteroatoms. The van der Waals surface area contributed by atoms with Crippen LogP contribution in [0.4, 0.5) is 16.2 Å². The van der Waals surface area contributed by atoms with E-state index in [1.807, 2.05) is 30.3 Å². The van der Waals surface area contributed by atoms with Gasteiger partial charge in [0, 0.05) is 36.1 Å². The first-order valence-electron chi connectivity index (χ1n) is 10.4. The van der Waals surface area contributed by atoms with Gasteiger partial charge in [0.25, 0.3) is 5.91 Å². The number of benzene rings is 2. The Balaban J connectivity index is 1.30. The third-order valence-corrected chi connectivity index (χ3v) is 5.43. The van der Waals surface area contributed by atoms with Gasteiger partial charge in [-0.05, 0) is 62.1 Å². The van der Waals surface area contributed by atoms with E-state index in [-0.39, 0.29) is 23.8 Å². The van der Waals surface area contributed by atoms with E-state index in [1.54, 1.807) is 29.2 Å². The van der Waals surface area contributed by atoms with Crippen LogP contribution in [0.15, 0.2) is 54.6 Å². The molecule has 4 amide bonds. The van der Waals surface area contributed by atoms with Crippen LogP contribution in [0.1, 0.15) is 36.0 Å². The maximum atomic E-state index is 12.7. The molecule has 2 aromatic rings. The monoisotopic (exact) mass is 406 g/mol. The van der Waals surface area contributed by atoms with E-state index in [4.69, 9.17) is 0 Å². The second kappa shape index (κ2) is 8.98. The van der Waals surface area contributed by atoms with Crippen molar-refractivity contribution in [2.45, 2.75) is 31.7 Å². The van der Waals surface area contributed by atoms with Gasteiger partial charge in [0.1, 0.15) is 0 Å². The molecule has 1 aliphatic carbocycles. The molecule has 2 aromatic carbocycles. The molecule has 1 heterocycles. The normalized spacial score (nSPS) is 18.4. The topological polar surface area (TPSA) is 90.5 Å². The molecule has 1 atom stereocenters. The van der Waals surface area contributed by atoms with E-state index < -0.39 is 0 Å². The molecule has 156 valence electrons. The van der Waals surface area contributed by atoms with E-state index in [0.29, 0.717) is 30.4 Å². The van der Waals surface area contributed by atoms with Crippen LogP contribution in [-0.4, -0.2) is 41.9 Å². The molecule has 1 unspecified atom stereocenters. The van der Waals surface area contributed by atoms with E-state index in [1.165, 1.54) is 0 Å². The van der Waals surface area contributed by atoms with Crippen molar-refractivity contribution in [1.82, 2.24) is 10.2 Å². The lowest BCUT2D eigenvalue weighted by Gasteiger charge is -2.32. The van der Waals surface area contributed by atoms with Crippen molar-refractivity contribution in [1.29, 1.82) is 0 Å². The average molecular weight is 406 g/mol. The fourth-order valence-electron chi connectivity index (χ4n) is 3.55. The molecule has 7 nitrogen and oxygen atoms in total. The largest absolute Gasteiger partial charge is 0.349 e. The number of anilines is 2. The Morgan fingerprint density at radius 2 is 1.53 bits per heavy atom. The lowest BCUT2D eigenvalue weighted by atomic mass is 9.97. The number of nitrogens with zero attached hydrogens (tertiary/aromatic N) is 1. The number of urea groups is 1. The Kier molecular flexibility index (Phi) is 5.97. The van der Waals surface area contributed by atoms with Crippen molar-refractivity contribution in [3.8, 4) is 0 Å². The van der Waals surface area contributed by atoms with Crippen LogP contribution in [0, 0.1) is 5.92 Å². The molecule has 0 spiro atoms. The molecule has 3 N–H and O–H groups in total. The van der Waals surface area contributed by atoms with Crippen LogP contribution >= 0.6 is 0 Å². The highest BCUT2D eigenvalue weighted by Gasteiger charge is 2.29. The van der Waals surface area contributed by atoms with Crippen LogP contribution in [0.2, 0.25) is 0 Å². The molecular weight excluding hydrogens is 380 g/mol. The SMILES string of the molecule is O=C(NC1CC1)c1ccc(NC(=O)C2CCCN(C(=O)Nc3ccccc3)C2)cc1. The summed E-state index contributed by atoms with van der Waals surface area (Å²) >= 11 is 0. The molecule has 2 fully saturated rings. The lowest BCUT2D eigenvalue weighted by molar-refractivity contribution is -0.121. The van der Waals surface area contributed by atoms with Crippen molar-refractivity contribution in [3.05, 3.63) is 60.2 Å². The van der Waals surface area contributed by atoms with Gasteiger partial charge in [0.2, 0.25) is 5.91 Å². The fraction of sp³-hybridized carbons (Fsp3) is 0.348. The minimum Gasteiger partial charge on any atom is -0.349 e. The molecular formula is C23H26N4O3. The summed E-state index contributed by atoms with van der Waals surface area (Å²) in [4.78, 5) is 39.0. The zero-order valence-corrected chi connectivity index (χ0v) is 16.8. The number of nitrogens with one attached hydrogen (secondary N) is 3. The highest BCUT2D eigenvalue weighted by atomic mass is 16.2. The van der Waals surface area contributed by atoms with Crippen molar-refractivity contribution in [2.75, 3.05) is 23.7 Å². The number of rotatable bonds is 5. The smallest absolute Gasteiger partial charge is 0.321 e. The quantitative estimate of drug-likeness (QED) is 0.710. The summed E-state index contributed by atoms with van der Waals surface area (Å²) < 4.78 is 0. The second-order valence-electron chi connectivity index (χ2n) is 7.90. The third kappa shape index (κ3) is 5.17. The van der Waals surface area contributed by atoms with E-state index in [0.717, 1.165) is 31.4 Å². The molecule has 30 heavy (non-hydrogen) atoms. The first-order chi connectivity index (χ1) is 14.6. The highest BCUT2D eigenvalue weighted by Crippen LogP contribution is 2.21. The van der Waals surface area contributed by atoms with Crippen molar-refractivity contribution in [2.24, 2.45) is 5.92 Å². The number of carbonyl (C=O) groups excluding carboxylic acids is 3. The number of para-hydroxylation sites is 1. The van der Waals surface area contributed by atoms with Crippen LogP contribution in [0.3, 0.4) is 0 Å². The summed E-state index contributed by atoms with van der Waals surface area (Å²) in [6, 6.07) is 16.3. The van der Waals surface area contributed by atoms with Gasteiger partial charge in [-0.2, -0.15) is 0 Å². The first-order valence-corrected chi connectivity index (χ1v) is 10.4. The van der Waals surface area contributed by atoms with Gasteiger partial charge in [-0.1, -0.05) is 18.2 Å². The van der Waals surface area contributed by atoms with E-state index >= 15 is 0 Å². The minimum absolute atomic E-state index is 0.0808. The molecule has 0 aromatic heterocycles. The zero-order valence-electron chi connectivity index (χ0n) is 16.8. The highest BCUT2D eigenvalue weighted by molar-refractivity contribution is 5.97. The predicted octanol–water partition coefficient (Wildman–Crippen LogP) is 3.46. The fourth-order valence-corrected chi connectivity index (χ4v) is 3.55. The van der Waals surface area contributed by atoms with Gasteiger partial charge >= 0.3 is 6.03 Å². The Hall–Kier alpha value is -3.35. The Bertz CT molecular complexity index is 910. The first kappa shape index (κ1) is 19.9. The Labute approximate surface area is 175 Å². The maximum Gasteiger partial charge on any atom is 0.321 e. The van der Waals surface area contributed by atoms with Gasteiger partial charge < -0.3 is 20.9 Å². The second-order valence-corrected chi connectivity index (χ2v) is 7.90. The Morgan fingerprint density at radius 3 is 2.23 bits per heavy atom. The molecule has 1 saturated heterocycles. The number of likely N-dealkylation sites (tertiary alicyclic amines) is 1. The lowest BCUT2D eigenvalue weighted by Crippen LogP contribution is -2.45. The van der Waals surface area contributed by atoms with E-state index in [2.05, 4.69) is 16.0 Å². The molecule has 0 radical (unpaired) electrons. The minimum atomic E-state index is -0.266. The van der Waals surface area contributed by atoms with Crippen LogP contribution in [-0.2, 0) is 4.79 Å².